The molecule has 1 aromatic carbocycles. The largest absolute Gasteiger partial charge is 0.509 e. The summed E-state index contributed by atoms with van der Waals surface area (Å²) in [5.41, 5.74) is 9.14. The van der Waals surface area contributed by atoms with Crippen molar-refractivity contribution in [2.75, 3.05) is 40.3 Å². The van der Waals surface area contributed by atoms with Gasteiger partial charge in [0.05, 0.1) is 11.8 Å². The molecule has 2 aliphatic heterocycles. The molecular formula is C23H32ClN5O3. The zero-order valence-electron chi connectivity index (χ0n) is 18.7. The van der Waals surface area contributed by atoms with Crippen molar-refractivity contribution < 1.29 is 15.0 Å². The molecule has 174 valence electrons. The van der Waals surface area contributed by atoms with Gasteiger partial charge in [0.25, 0.3) is 5.91 Å². The molecule has 2 atom stereocenters. The van der Waals surface area contributed by atoms with Gasteiger partial charge in [-0.3, -0.25) is 4.79 Å². The van der Waals surface area contributed by atoms with Crippen molar-refractivity contribution in [3.8, 4) is 0 Å². The van der Waals surface area contributed by atoms with Crippen LogP contribution < -0.4 is 16.2 Å². The Kier molecular flexibility index (Phi) is 8.20. The van der Waals surface area contributed by atoms with Crippen molar-refractivity contribution in [2.24, 2.45) is 0 Å². The molecule has 2 heterocycles. The topological polar surface area (TPSA) is 100 Å². The quantitative estimate of drug-likeness (QED) is 0.280. The van der Waals surface area contributed by atoms with E-state index in [0.29, 0.717) is 36.1 Å². The second-order valence-electron chi connectivity index (χ2n) is 8.27. The van der Waals surface area contributed by atoms with Crippen LogP contribution >= 0.6 is 11.6 Å². The van der Waals surface area contributed by atoms with Gasteiger partial charge in [-0.15, -0.1) is 0 Å². The Morgan fingerprint density at radius 3 is 2.69 bits per heavy atom. The van der Waals surface area contributed by atoms with Gasteiger partial charge in [-0.25, -0.2) is 5.43 Å². The van der Waals surface area contributed by atoms with E-state index in [0.717, 1.165) is 24.1 Å². The fraction of sp³-hybridized carbons (Fsp3) is 0.435. The Labute approximate surface area is 194 Å². The molecule has 2 aliphatic rings. The molecule has 9 heteroatoms. The van der Waals surface area contributed by atoms with E-state index < -0.39 is 6.10 Å². The van der Waals surface area contributed by atoms with Crippen molar-refractivity contribution in [2.45, 2.75) is 25.5 Å². The number of hydrazine groups is 1. The molecule has 32 heavy (non-hydrogen) atoms. The van der Waals surface area contributed by atoms with Gasteiger partial charge in [0.2, 0.25) is 0 Å². The molecule has 2 unspecified atom stereocenters. The lowest BCUT2D eigenvalue weighted by molar-refractivity contribution is 0.0781. The van der Waals surface area contributed by atoms with Crippen molar-refractivity contribution in [1.29, 1.82) is 0 Å². The second-order valence-corrected chi connectivity index (χ2v) is 8.66. The maximum Gasteiger partial charge on any atom is 0.253 e. The number of carbonyl (C=O) groups excluding carboxylic acids is 1. The van der Waals surface area contributed by atoms with Crippen LogP contribution in [0.15, 0.2) is 58.6 Å². The summed E-state index contributed by atoms with van der Waals surface area (Å²) in [5.74, 6) is 0.126. The monoisotopic (exact) mass is 461 g/mol. The molecule has 0 aliphatic carbocycles. The average molecular weight is 462 g/mol. The Hall–Kier alpha value is -2.52. The summed E-state index contributed by atoms with van der Waals surface area (Å²) in [6.45, 7) is 3.94. The maximum absolute atomic E-state index is 12.7. The first-order valence-corrected chi connectivity index (χ1v) is 11.1. The molecule has 8 nitrogen and oxygen atoms in total. The van der Waals surface area contributed by atoms with E-state index in [9.17, 15) is 15.0 Å². The molecule has 0 radical (unpaired) electrons. The van der Waals surface area contributed by atoms with Gasteiger partial charge in [0, 0.05) is 39.3 Å². The lowest BCUT2D eigenvalue weighted by atomic mass is 10.1. The lowest BCUT2D eigenvalue weighted by Crippen LogP contribution is -2.43. The predicted molar refractivity (Wildman–Crippen MR) is 126 cm³/mol. The zero-order chi connectivity index (χ0) is 23.3. The number of allylic oxidation sites excluding steroid dienone is 3. The van der Waals surface area contributed by atoms with Crippen LogP contribution in [0.4, 0.5) is 0 Å². The highest BCUT2D eigenvalue weighted by Gasteiger charge is 2.25. The molecule has 1 amide bonds. The van der Waals surface area contributed by atoms with Crippen LogP contribution in [0, 0.1) is 0 Å². The SMILES string of the molecule is CC1=C(O)C(CN(C)C(=O)c2ccc(CCNCC(O)C3=CC=C(Cl)N(C)C3)cc2)NN1. The van der Waals surface area contributed by atoms with E-state index in [2.05, 4.69) is 16.2 Å². The molecule has 0 bridgehead atoms. The van der Waals surface area contributed by atoms with Crippen LogP contribution in [0.5, 0.6) is 0 Å². The van der Waals surface area contributed by atoms with Crippen molar-refractivity contribution in [3.63, 3.8) is 0 Å². The number of nitrogens with one attached hydrogen (secondary N) is 3. The number of halogens is 1. The number of hydrogen-bond donors (Lipinski definition) is 5. The van der Waals surface area contributed by atoms with E-state index in [1.54, 1.807) is 24.9 Å². The second kappa shape index (κ2) is 10.9. The highest BCUT2D eigenvalue weighted by atomic mass is 35.5. The van der Waals surface area contributed by atoms with Crippen molar-refractivity contribution in [3.05, 3.63) is 69.7 Å². The van der Waals surface area contributed by atoms with Gasteiger partial charge in [0.15, 0.2) is 0 Å². The highest BCUT2D eigenvalue weighted by Crippen LogP contribution is 2.18. The molecule has 0 saturated heterocycles. The number of aliphatic hydroxyl groups excluding tert-OH is 2. The summed E-state index contributed by atoms with van der Waals surface area (Å²) in [6.07, 6.45) is 3.90. The molecule has 0 fully saturated rings. The van der Waals surface area contributed by atoms with E-state index in [1.165, 1.54) is 0 Å². The summed E-state index contributed by atoms with van der Waals surface area (Å²) in [4.78, 5) is 16.2. The molecule has 0 spiro atoms. The number of nitrogens with zero attached hydrogens (tertiary/aromatic N) is 2. The molecule has 1 aromatic rings. The van der Waals surface area contributed by atoms with Gasteiger partial charge in [-0.1, -0.05) is 29.8 Å². The number of hydrogen-bond acceptors (Lipinski definition) is 7. The van der Waals surface area contributed by atoms with E-state index in [4.69, 9.17) is 11.6 Å². The van der Waals surface area contributed by atoms with Gasteiger partial charge in [-0.05, 0) is 49.2 Å². The summed E-state index contributed by atoms with van der Waals surface area (Å²) in [5, 5.41) is 24.3. The minimum atomic E-state index is -0.559. The first-order valence-electron chi connectivity index (χ1n) is 10.7. The molecular weight excluding hydrogens is 430 g/mol. The van der Waals surface area contributed by atoms with Crippen molar-refractivity contribution >= 4 is 17.5 Å². The van der Waals surface area contributed by atoms with Crippen LogP contribution in [-0.2, 0) is 6.42 Å². The number of benzene rings is 1. The average Bonchev–Trinajstić information content (AvgIpc) is 3.10. The van der Waals surface area contributed by atoms with Gasteiger partial charge >= 0.3 is 0 Å². The molecule has 0 aromatic heterocycles. The van der Waals surface area contributed by atoms with Gasteiger partial charge in [0.1, 0.15) is 17.0 Å². The maximum atomic E-state index is 12.7. The van der Waals surface area contributed by atoms with E-state index in [-0.39, 0.29) is 17.7 Å². The van der Waals surface area contributed by atoms with Gasteiger partial charge in [-0.2, -0.15) is 0 Å². The summed E-state index contributed by atoms with van der Waals surface area (Å²) < 4.78 is 0. The van der Waals surface area contributed by atoms with Crippen molar-refractivity contribution in [1.82, 2.24) is 26.0 Å². The summed E-state index contributed by atoms with van der Waals surface area (Å²) in [6, 6.07) is 7.22. The van der Waals surface area contributed by atoms with Crippen LogP contribution in [0.3, 0.4) is 0 Å². The fourth-order valence-electron chi connectivity index (χ4n) is 3.64. The molecule has 0 saturated carbocycles. The summed E-state index contributed by atoms with van der Waals surface area (Å²) in [7, 11) is 3.61. The first kappa shape index (κ1) is 24.1. The number of carbonyl (C=O) groups is 1. The number of rotatable bonds is 9. The minimum Gasteiger partial charge on any atom is -0.509 e. The Balaban J connectivity index is 1.42. The molecule has 5 N–H and O–H groups in total. The summed E-state index contributed by atoms with van der Waals surface area (Å²) >= 11 is 6.03. The third-order valence-electron chi connectivity index (χ3n) is 5.73. The lowest BCUT2D eigenvalue weighted by Gasteiger charge is -2.26. The van der Waals surface area contributed by atoms with Gasteiger partial charge < -0.3 is 30.8 Å². The van der Waals surface area contributed by atoms with Crippen LogP contribution in [0.1, 0.15) is 22.8 Å². The number of amides is 1. The van der Waals surface area contributed by atoms with E-state index in [1.807, 2.05) is 42.3 Å². The minimum absolute atomic E-state index is 0.100. The third-order valence-corrected chi connectivity index (χ3v) is 6.14. The van der Waals surface area contributed by atoms with Crippen LogP contribution in [0.25, 0.3) is 0 Å². The Morgan fingerprint density at radius 1 is 1.34 bits per heavy atom. The van der Waals surface area contributed by atoms with E-state index >= 15 is 0 Å². The molecule has 3 rings (SSSR count). The number of aliphatic hydroxyl groups is 2. The number of likely N-dealkylation sites (N-methyl/N-ethyl adjacent to an activating group) is 2. The Bertz CT molecular complexity index is 913. The fourth-order valence-corrected chi connectivity index (χ4v) is 3.76. The smallest absolute Gasteiger partial charge is 0.253 e. The van der Waals surface area contributed by atoms with Crippen LogP contribution in [-0.4, -0.2) is 78.3 Å². The standard InChI is InChI=1S/C23H32ClN5O3/c1-15-22(31)19(27-26-15)14-29(3)23(32)17-6-4-16(5-7-17)10-11-25-12-20(30)18-8-9-21(24)28(2)13-18/h4-9,19-20,25-27,30-31H,10-14H2,1-3H3. The normalized spacial score (nSPS) is 19.4. The predicted octanol–water partition coefficient (Wildman–Crippen LogP) is 1.47. The Morgan fingerprint density at radius 2 is 2.06 bits per heavy atom. The zero-order valence-corrected chi connectivity index (χ0v) is 19.5. The third kappa shape index (κ3) is 6.04. The highest BCUT2D eigenvalue weighted by molar-refractivity contribution is 6.29. The van der Waals surface area contributed by atoms with Crippen LogP contribution in [0.2, 0.25) is 0 Å². The first-order chi connectivity index (χ1) is 15.3.